The molecule has 6 nitrogen and oxygen atoms in total. The summed E-state index contributed by atoms with van der Waals surface area (Å²) in [5.74, 6) is 3.07. The normalized spacial score (nSPS) is 14.8. The fourth-order valence-electron chi connectivity index (χ4n) is 3.49. The summed E-state index contributed by atoms with van der Waals surface area (Å²) in [7, 11) is 4.96. The minimum absolute atomic E-state index is 0.0501. The maximum atomic E-state index is 5.53. The third-order valence-electron chi connectivity index (χ3n) is 4.81. The molecule has 134 valence electrons. The maximum Gasteiger partial charge on any atom is 0.161 e. The minimum atomic E-state index is -0.0501. The number of nitrogens with zero attached hydrogens (tertiary/aromatic N) is 1. The lowest BCUT2D eigenvalue weighted by Gasteiger charge is -2.29. The van der Waals surface area contributed by atoms with Gasteiger partial charge in [-0.05, 0) is 47.9 Å². The summed E-state index contributed by atoms with van der Waals surface area (Å²) in [6, 6.07) is 12.0. The van der Waals surface area contributed by atoms with Gasteiger partial charge in [0.05, 0.1) is 27.4 Å². The van der Waals surface area contributed by atoms with Crippen molar-refractivity contribution in [3.05, 3.63) is 53.2 Å². The predicted octanol–water partition coefficient (Wildman–Crippen LogP) is 3.93. The van der Waals surface area contributed by atoms with Crippen molar-refractivity contribution in [1.82, 2.24) is 10.2 Å². The van der Waals surface area contributed by atoms with E-state index in [2.05, 4.69) is 27.6 Å². The lowest BCUT2D eigenvalue weighted by Crippen LogP contribution is -2.18. The second-order valence-corrected chi connectivity index (χ2v) is 6.22. The molecule has 26 heavy (non-hydrogen) atoms. The van der Waals surface area contributed by atoms with Crippen molar-refractivity contribution >= 4 is 5.82 Å². The van der Waals surface area contributed by atoms with Gasteiger partial charge < -0.3 is 19.5 Å². The van der Waals surface area contributed by atoms with Crippen LogP contribution in [0.4, 0.5) is 5.82 Å². The second-order valence-electron chi connectivity index (χ2n) is 6.22. The van der Waals surface area contributed by atoms with Crippen molar-refractivity contribution in [1.29, 1.82) is 0 Å². The molecule has 2 heterocycles. The Kier molecular flexibility index (Phi) is 3.95. The molecule has 4 rings (SSSR count). The number of methoxy groups -OCH3 is 3. The van der Waals surface area contributed by atoms with Gasteiger partial charge in [-0.15, -0.1) is 0 Å². The van der Waals surface area contributed by atoms with Crippen LogP contribution >= 0.6 is 0 Å². The van der Waals surface area contributed by atoms with Crippen LogP contribution in [0.1, 0.15) is 22.9 Å². The molecule has 0 radical (unpaired) electrons. The highest BCUT2D eigenvalue weighted by Crippen LogP contribution is 2.47. The zero-order chi connectivity index (χ0) is 18.3. The first-order valence-corrected chi connectivity index (χ1v) is 8.38. The lowest BCUT2D eigenvalue weighted by atomic mass is 9.87. The molecule has 0 aliphatic carbocycles. The average Bonchev–Trinajstić information content (AvgIpc) is 3.07. The van der Waals surface area contributed by atoms with Gasteiger partial charge >= 0.3 is 0 Å². The third kappa shape index (κ3) is 2.45. The third-order valence-corrected chi connectivity index (χ3v) is 4.81. The van der Waals surface area contributed by atoms with Gasteiger partial charge in [0.15, 0.2) is 17.3 Å². The van der Waals surface area contributed by atoms with Crippen molar-refractivity contribution in [2.24, 2.45) is 0 Å². The van der Waals surface area contributed by atoms with E-state index < -0.39 is 0 Å². The SMILES string of the molecule is COc1ccc(C2Nc3n[nH]c(C)c3-c3cc(OC)c(OC)cc32)cc1. The Hall–Kier alpha value is -3.15. The standard InChI is InChI=1S/C20H21N3O3/c1-11-18-14-9-16(25-3)17(26-4)10-15(14)19(21-20(18)23-22-11)12-5-7-13(24-2)8-6-12/h5-10,19H,1-4H3,(H2,21,22,23). The highest BCUT2D eigenvalue weighted by Gasteiger charge is 2.30. The molecular formula is C20H21N3O3. The molecular weight excluding hydrogens is 330 g/mol. The second kappa shape index (κ2) is 6.29. The summed E-state index contributed by atoms with van der Waals surface area (Å²) in [6.45, 7) is 2.02. The van der Waals surface area contributed by atoms with Gasteiger partial charge in [-0.25, -0.2) is 0 Å². The van der Waals surface area contributed by atoms with E-state index in [0.717, 1.165) is 39.5 Å². The number of nitrogens with one attached hydrogen (secondary N) is 2. The van der Waals surface area contributed by atoms with Crippen LogP contribution < -0.4 is 19.5 Å². The zero-order valence-corrected chi connectivity index (χ0v) is 15.2. The molecule has 1 aliphatic heterocycles. The van der Waals surface area contributed by atoms with Crippen molar-refractivity contribution in [2.45, 2.75) is 13.0 Å². The number of benzene rings is 2. The number of fused-ring (bicyclic) bond motifs is 3. The molecule has 6 heteroatoms. The van der Waals surface area contributed by atoms with E-state index in [1.165, 1.54) is 0 Å². The minimum Gasteiger partial charge on any atom is -0.497 e. The first-order chi connectivity index (χ1) is 12.7. The van der Waals surface area contributed by atoms with Crippen molar-refractivity contribution in [2.75, 3.05) is 26.6 Å². The Morgan fingerprint density at radius 1 is 0.923 bits per heavy atom. The van der Waals surface area contributed by atoms with E-state index in [1.807, 2.05) is 31.2 Å². The highest BCUT2D eigenvalue weighted by molar-refractivity contribution is 5.86. The number of aryl methyl sites for hydroxylation is 1. The summed E-state index contributed by atoms with van der Waals surface area (Å²) in [4.78, 5) is 0. The van der Waals surface area contributed by atoms with Gasteiger partial charge in [0.2, 0.25) is 0 Å². The van der Waals surface area contributed by atoms with Crippen LogP contribution in [-0.4, -0.2) is 31.5 Å². The summed E-state index contributed by atoms with van der Waals surface area (Å²) >= 11 is 0. The zero-order valence-electron chi connectivity index (χ0n) is 15.2. The number of aromatic nitrogens is 2. The van der Waals surface area contributed by atoms with Crippen LogP contribution in [0.25, 0.3) is 11.1 Å². The van der Waals surface area contributed by atoms with Crippen LogP contribution in [0.3, 0.4) is 0 Å². The van der Waals surface area contributed by atoms with Gasteiger partial charge in [0, 0.05) is 11.3 Å². The fourth-order valence-corrected chi connectivity index (χ4v) is 3.49. The molecule has 1 aliphatic rings. The van der Waals surface area contributed by atoms with E-state index in [0.29, 0.717) is 11.5 Å². The van der Waals surface area contributed by atoms with Gasteiger partial charge in [0.25, 0.3) is 0 Å². The van der Waals surface area contributed by atoms with Crippen molar-refractivity contribution in [3.8, 4) is 28.4 Å². The Balaban J connectivity index is 1.91. The van der Waals surface area contributed by atoms with Crippen LogP contribution in [-0.2, 0) is 0 Å². The number of hydrogen-bond donors (Lipinski definition) is 2. The van der Waals surface area contributed by atoms with E-state index in [4.69, 9.17) is 14.2 Å². The average molecular weight is 351 g/mol. The number of aromatic amines is 1. The van der Waals surface area contributed by atoms with Gasteiger partial charge in [-0.1, -0.05) is 12.1 Å². The number of hydrogen-bond acceptors (Lipinski definition) is 5. The summed E-state index contributed by atoms with van der Waals surface area (Å²) in [6.07, 6.45) is 0. The van der Waals surface area contributed by atoms with E-state index >= 15 is 0 Å². The van der Waals surface area contributed by atoms with E-state index in [-0.39, 0.29) is 6.04 Å². The van der Waals surface area contributed by atoms with E-state index in [9.17, 15) is 0 Å². The molecule has 0 fully saturated rings. The smallest absolute Gasteiger partial charge is 0.161 e. The molecule has 0 saturated heterocycles. The summed E-state index contributed by atoms with van der Waals surface area (Å²) in [5, 5.41) is 11.0. The molecule has 1 aromatic heterocycles. The highest BCUT2D eigenvalue weighted by atomic mass is 16.5. The molecule has 0 bridgehead atoms. The van der Waals surface area contributed by atoms with Crippen LogP contribution in [0.5, 0.6) is 17.2 Å². The maximum absolute atomic E-state index is 5.53. The van der Waals surface area contributed by atoms with Crippen LogP contribution in [0.2, 0.25) is 0 Å². The van der Waals surface area contributed by atoms with E-state index in [1.54, 1.807) is 21.3 Å². The first-order valence-electron chi connectivity index (χ1n) is 8.38. The fraction of sp³-hybridized carbons (Fsp3) is 0.250. The first kappa shape index (κ1) is 16.3. The Morgan fingerprint density at radius 3 is 2.27 bits per heavy atom. The Labute approximate surface area is 152 Å². The molecule has 0 saturated carbocycles. The molecule has 2 N–H and O–H groups in total. The largest absolute Gasteiger partial charge is 0.497 e. The number of ether oxygens (including phenoxy) is 3. The quantitative estimate of drug-likeness (QED) is 0.745. The van der Waals surface area contributed by atoms with Crippen LogP contribution in [0.15, 0.2) is 36.4 Å². The number of anilines is 1. The van der Waals surface area contributed by atoms with Gasteiger partial charge in [-0.3, -0.25) is 5.10 Å². The molecule has 1 unspecified atom stereocenters. The Morgan fingerprint density at radius 2 is 1.62 bits per heavy atom. The summed E-state index contributed by atoms with van der Waals surface area (Å²) < 4.78 is 16.3. The van der Waals surface area contributed by atoms with Crippen LogP contribution in [0, 0.1) is 6.92 Å². The summed E-state index contributed by atoms with van der Waals surface area (Å²) in [5.41, 5.74) is 5.39. The van der Waals surface area contributed by atoms with Crippen molar-refractivity contribution < 1.29 is 14.2 Å². The lowest BCUT2D eigenvalue weighted by molar-refractivity contribution is 0.354. The molecule has 0 spiro atoms. The molecule has 0 amide bonds. The Bertz CT molecular complexity index is 948. The van der Waals surface area contributed by atoms with Gasteiger partial charge in [0.1, 0.15) is 5.75 Å². The molecule has 2 aromatic carbocycles. The molecule has 1 atom stereocenters. The topological polar surface area (TPSA) is 68.4 Å². The monoisotopic (exact) mass is 351 g/mol. The molecule has 3 aromatic rings. The van der Waals surface area contributed by atoms with Crippen molar-refractivity contribution in [3.63, 3.8) is 0 Å². The predicted molar refractivity (Wildman–Crippen MR) is 100 cm³/mol. The number of rotatable bonds is 4. The van der Waals surface area contributed by atoms with Gasteiger partial charge in [-0.2, -0.15) is 5.10 Å². The number of H-pyrrole nitrogens is 1.